The fourth-order valence-corrected chi connectivity index (χ4v) is 5.32. The lowest BCUT2D eigenvalue weighted by Gasteiger charge is -2.30. The van der Waals surface area contributed by atoms with Gasteiger partial charge in [0, 0.05) is 30.4 Å². The third-order valence-corrected chi connectivity index (χ3v) is 6.68. The SMILES string of the molecule is O=C(NCc1ccc(F)cc1F)C1=C2CCCN2c2ccc(F)cc2S1(=O)=O. The van der Waals surface area contributed by atoms with Crippen LogP contribution in [0.4, 0.5) is 18.9 Å². The first-order chi connectivity index (χ1) is 13.3. The fourth-order valence-electron chi connectivity index (χ4n) is 3.54. The number of halogens is 3. The topological polar surface area (TPSA) is 66.5 Å². The first-order valence-electron chi connectivity index (χ1n) is 8.56. The zero-order valence-electron chi connectivity index (χ0n) is 14.5. The first-order valence-corrected chi connectivity index (χ1v) is 10.0. The van der Waals surface area contributed by atoms with Gasteiger partial charge in [0.25, 0.3) is 5.91 Å². The van der Waals surface area contributed by atoms with Crippen LogP contribution in [0.5, 0.6) is 0 Å². The van der Waals surface area contributed by atoms with E-state index in [4.69, 9.17) is 0 Å². The van der Waals surface area contributed by atoms with E-state index >= 15 is 0 Å². The molecule has 1 N–H and O–H groups in total. The van der Waals surface area contributed by atoms with Crippen molar-refractivity contribution in [2.24, 2.45) is 0 Å². The van der Waals surface area contributed by atoms with E-state index in [1.807, 2.05) is 0 Å². The molecular formula is C19H15F3N2O3S. The van der Waals surface area contributed by atoms with Crippen molar-refractivity contribution in [1.82, 2.24) is 5.32 Å². The lowest BCUT2D eigenvalue weighted by Crippen LogP contribution is -2.35. The summed E-state index contributed by atoms with van der Waals surface area (Å²) in [6, 6.07) is 6.35. The third-order valence-electron chi connectivity index (χ3n) is 4.81. The molecule has 0 bridgehead atoms. The van der Waals surface area contributed by atoms with Crippen molar-refractivity contribution in [2.75, 3.05) is 11.4 Å². The Hall–Kier alpha value is -2.81. The van der Waals surface area contributed by atoms with Gasteiger partial charge in [0.2, 0.25) is 9.84 Å². The van der Waals surface area contributed by atoms with E-state index in [1.165, 1.54) is 18.2 Å². The Labute approximate surface area is 159 Å². The minimum Gasteiger partial charge on any atom is -0.347 e. The Morgan fingerprint density at radius 1 is 1.07 bits per heavy atom. The summed E-state index contributed by atoms with van der Waals surface area (Å²) in [6.45, 7) is 0.195. The smallest absolute Gasteiger partial charge is 0.265 e. The molecule has 1 saturated heterocycles. The van der Waals surface area contributed by atoms with Crippen molar-refractivity contribution >= 4 is 21.4 Å². The summed E-state index contributed by atoms with van der Waals surface area (Å²) in [5.41, 5.74) is 0.703. The molecule has 0 saturated carbocycles. The molecule has 5 nitrogen and oxygen atoms in total. The molecule has 0 spiro atoms. The molecule has 146 valence electrons. The largest absolute Gasteiger partial charge is 0.347 e. The molecule has 0 aromatic heterocycles. The summed E-state index contributed by atoms with van der Waals surface area (Å²) in [4.78, 5) is 13.7. The lowest BCUT2D eigenvalue weighted by atomic mass is 10.2. The standard InChI is InChI=1S/C19H15F3N2O3S/c20-12-4-3-11(14(22)8-12)10-23-19(25)18-16-2-1-7-24(16)15-6-5-13(21)9-17(15)28(18,26)27/h3-6,8-9H,1-2,7,10H2,(H,23,25). The average molecular weight is 408 g/mol. The van der Waals surface area contributed by atoms with Crippen molar-refractivity contribution in [3.05, 3.63) is 70.0 Å². The van der Waals surface area contributed by atoms with Crippen molar-refractivity contribution < 1.29 is 26.4 Å². The first kappa shape index (κ1) is 18.5. The number of sulfone groups is 1. The van der Waals surface area contributed by atoms with Crippen LogP contribution in [0.2, 0.25) is 0 Å². The van der Waals surface area contributed by atoms with E-state index in [1.54, 1.807) is 4.90 Å². The average Bonchev–Trinajstić information content (AvgIpc) is 3.10. The van der Waals surface area contributed by atoms with Crippen LogP contribution in [0.1, 0.15) is 18.4 Å². The molecule has 28 heavy (non-hydrogen) atoms. The van der Waals surface area contributed by atoms with Gasteiger partial charge in [-0.2, -0.15) is 0 Å². The van der Waals surface area contributed by atoms with Crippen molar-refractivity contribution in [1.29, 1.82) is 0 Å². The normalized spacial score (nSPS) is 17.3. The Kier molecular flexibility index (Phi) is 4.41. The molecule has 0 unspecified atom stereocenters. The molecule has 1 amide bonds. The molecule has 2 aliphatic rings. The Morgan fingerprint density at radius 3 is 2.54 bits per heavy atom. The number of hydrogen-bond donors (Lipinski definition) is 1. The molecule has 4 rings (SSSR count). The second-order valence-corrected chi connectivity index (χ2v) is 8.42. The molecule has 2 heterocycles. The monoisotopic (exact) mass is 408 g/mol. The number of nitrogens with one attached hydrogen (secondary N) is 1. The van der Waals surface area contributed by atoms with Gasteiger partial charge in [0.05, 0.1) is 10.6 Å². The fraction of sp³-hybridized carbons (Fsp3) is 0.211. The molecular weight excluding hydrogens is 393 g/mol. The van der Waals surface area contributed by atoms with Crippen LogP contribution in [-0.4, -0.2) is 20.9 Å². The predicted octanol–water partition coefficient (Wildman–Crippen LogP) is 3.02. The Morgan fingerprint density at radius 2 is 1.79 bits per heavy atom. The number of amides is 1. The number of nitrogens with zero attached hydrogens (tertiary/aromatic N) is 1. The number of carbonyl (C=O) groups excluding carboxylic acids is 1. The van der Waals surface area contributed by atoms with E-state index in [-0.39, 0.29) is 17.0 Å². The highest BCUT2D eigenvalue weighted by atomic mass is 32.2. The minimum absolute atomic E-state index is 0.0169. The van der Waals surface area contributed by atoms with Crippen molar-refractivity contribution in [3.63, 3.8) is 0 Å². The second kappa shape index (κ2) is 6.66. The van der Waals surface area contributed by atoms with Crippen LogP contribution in [0.3, 0.4) is 0 Å². The summed E-state index contributed by atoms with van der Waals surface area (Å²) in [7, 11) is -4.25. The van der Waals surface area contributed by atoms with Crippen molar-refractivity contribution in [3.8, 4) is 0 Å². The number of fused-ring (bicyclic) bond motifs is 3. The van der Waals surface area contributed by atoms with E-state index in [0.29, 0.717) is 36.8 Å². The highest BCUT2D eigenvalue weighted by Gasteiger charge is 2.41. The number of benzene rings is 2. The number of hydrogen-bond acceptors (Lipinski definition) is 4. The molecule has 2 aromatic rings. The highest BCUT2D eigenvalue weighted by Crippen LogP contribution is 2.43. The molecule has 0 radical (unpaired) electrons. The summed E-state index contributed by atoms with van der Waals surface area (Å²) < 4.78 is 66.5. The Balaban J connectivity index is 1.70. The Bertz CT molecular complexity index is 1130. The molecule has 2 aromatic carbocycles. The van der Waals surface area contributed by atoms with E-state index < -0.39 is 38.1 Å². The van der Waals surface area contributed by atoms with Crippen LogP contribution < -0.4 is 10.2 Å². The van der Waals surface area contributed by atoms with Crippen LogP contribution in [-0.2, 0) is 21.2 Å². The number of allylic oxidation sites excluding steroid dienone is 1. The molecule has 2 aliphatic heterocycles. The quantitative estimate of drug-likeness (QED) is 0.848. The maximum absolute atomic E-state index is 13.8. The van der Waals surface area contributed by atoms with Gasteiger partial charge >= 0.3 is 0 Å². The summed E-state index contributed by atoms with van der Waals surface area (Å²) in [5.74, 6) is -3.23. The molecule has 9 heteroatoms. The van der Waals surface area contributed by atoms with Gasteiger partial charge in [-0.15, -0.1) is 0 Å². The van der Waals surface area contributed by atoms with Gasteiger partial charge < -0.3 is 10.2 Å². The predicted molar refractivity (Wildman–Crippen MR) is 95.4 cm³/mol. The van der Waals surface area contributed by atoms with Crippen LogP contribution in [0.15, 0.2) is 51.9 Å². The molecule has 0 aliphatic carbocycles. The van der Waals surface area contributed by atoms with Gasteiger partial charge in [-0.3, -0.25) is 4.79 Å². The summed E-state index contributed by atoms with van der Waals surface area (Å²) in [5, 5.41) is 2.38. The zero-order chi connectivity index (χ0) is 20.1. The van der Waals surface area contributed by atoms with Gasteiger partial charge in [0.1, 0.15) is 17.5 Å². The maximum atomic E-state index is 13.8. The van der Waals surface area contributed by atoms with Gasteiger partial charge in [0.15, 0.2) is 4.91 Å². The molecule has 0 atom stereocenters. The van der Waals surface area contributed by atoms with Gasteiger partial charge in [-0.05, 0) is 37.1 Å². The van der Waals surface area contributed by atoms with Crippen LogP contribution >= 0.6 is 0 Å². The van der Waals surface area contributed by atoms with Crippen molar-refractivity contribution in [2.45, 2.75) is 24.3 Å². The lowest BCUT2D eigenvalue weighted by molar-refractivity contribution is -0.117. The number of rotatable bonds is 3. The van der Waals surface area contributed by atoms with Gasteiger partial charge in [-0.25, -0.2) is 21.6 Å². The van der Waals surface area contributed by atoms with E-state index in [0.717, 1.165) is 12.1 Å². The minimum atomic E-state index is -4.25. The maximum Gasteiger partial charge on any atom is 0.265 e. The number of anilines is 1. The zero-order valence-corrected chi connectivity index (χ0v) is 15.3. The van der Waals surface area contributed by atoms with E-state index in [2.05, 4.69) is 5.32 Å². The number of carbonyl (C=O) groups is 1. The highest BCUT2D eigenvalue weighted by molar-refractivity contribution is 7.96. The van der Waals surface area contributed by atoms with Crippen LogP contribution in [0.25, 0.3) is 0 Å². The second-order valence-electron chi connectivity index (χ2n) is 6.56. The van der Waals surface area contributed by atoms with E-state index in [9.17, 15) is 26.4 Å². The third kappa shape index (κ3) is 2.95. The van der Waals surface area contributed by atoms with Crippen LogP contribution in [0, 0.1) is 17.5 Å². The van der Waals surface area contributed by atoms with Gasteiger partial charge in [-0.1, -0.05) is 6.07 Å². The summed E-state index contributed by atoms with van der Waals surface area (Å²) in [6.07, 6.45) is 1.02. The summed E-state index contributed by atoms with van der Waals surface area (Å²) >= 11 is 0. The molecule has 1 fully saturated rings.